The van der Waals surface area contributed by atoms with Crippen molar-refractivity contribution in [3.63, 3.8) is 0 Å². The minimum atomic E-state index is -0.256. The van der Waals surface area contributed by atoms with Crippen LogP contribution in [0.3, 0.4) is 0 Å². The van der Waals surface area contributed by atoms with Crippen molar-refractivity contribution in [2.45, 2.75) is 33.5 Å². The van der Waals surface area contributed by atoms with Gasteiger partial charge in [0.1, 0.15) is 12.0 Å². The van der Waals surface area contributed by atoms with Gasteiger partial charge in [-0.1, -0.05) is 54.6 Å². The average molecular weight is 334 g/mol. The summed E-state index contributed by atoms with van der Waals surface area (Å²) in [7, 11) is 0. The zero-order valence-electron chi connectivity index (χ0n) is 15.1. The fraction of sp³-hybridized carbons (Fsp3) is 0.238. The number of benzene rings is 1. The van der Waals surface area contributed by atoms with E-state index < -0.39 is 0 Å². The Balaban J connectivity index is 2.26. The van der Waals surface area contributed by atoms with Gasteiger partial charge in [-0.15, -0.1) is 0 Å². The molecule has 1 heterocycles. The highest BCUT2D eigenvalue weighted by Crippen LogP contribution is 2.16. The van der Waals surface area contributed by atoms with Crippen LogP contribution >= 0.6 is 0 Å². The number of aliphatic imine (C=N–C) groups is 1. The Labute approximate surface area is 150 Å². The maximum atomic E-state index is 6.22. The van der Waals surface area contributed by atoms with Crippen LogP contribution in [0.2, 0.25) is 0 Å². The van der Waals surface area contributed by atoms with Gasteiger partial charge in [0.2, 0.25) is 0 Å². The van der Waals surface area contributed by atoms with E-state index in [1.54, 1.807) is 0 Å². The normalized spacial score (nSPS) is 14.0. The number of allylic oxidation sites excluding steroid dienone is 2. The molecule has 0 saturated carbocycles. The van der Waals surface area contributed by atoms with E-state index in [1.807, 2.05) is 75.5 Å². The van der Waals surface area contributed by atoms with Gasteiger partial charge in [0.05, 0.1) is 0 Å². The van der Waals surface area contributed by atoms with Gasteiger partial charge >= 0.3 is 0 Å². The van der Waals surface area contributed by atoms with Crippen LogP contribution in [0.15, 0.2) is 77.5 Å². The van der Waals surface area contributed by atoms with Gasteiger partial charge < -0.3 is 5.73 Å². The van der Waals surface area contributed by atoms with Gasteiger partial charge in [-0.3, -0.25) is 10.3 Å². The molecule has 25 heavy (non-hydrogen) atoms. The number of aryl methyl sites for hydroxylation is 1. The Kier molecular flexibility index (Phi) is 7.11. The smallest absolute Gasteiger partial charge is 0.129 e. The summed E-state index contributed by atoms with van der Waals surface area (Å²) in [4.78, 5) is 9.09. The first-order chi connectivity index (χ1) is 12.1. The van der Waals surface area contributed by atoms with Crippen molar-refractivity contribution >= 4 is 5.84 Å². The van der Waals surface area contributed by atoms with Crippen LogP contribution in [0, 0.1) is 6.92 Å². The third kappa shape index (κ3) is 5.69. The van der Waals surface area contributed by atoms with Crippen molar-refractivity contribution in [3.05, 3.63) is 89.3 Å². The van der Waals surface area contributed by atoms with E-state index >= 15 is 0 Å². The van der Waals surface area contributed by atoms with Crippen LogP contribution in [0.5, 0.6) is 0 Å². The van der Waals surface area contributed by atoms with E-state index in [1.165, 1.54) is 5.56 Å². The molecule has 0 aliphatic carbocycles. The topological polar surface area (TPSA) is 63.3 Å². The highest BCUT2D eigenvalue weighted by Gasteiger charge is 2.12. The number of nitrogens with zero attached hydrogens (tertiary/aromatic N) is 2. The molecule has 0 fully saturated rings. The number of rotatable bonds is 7. The van der Waals surface area contributed by atoms with E-state index in [0.29, 0.717) is 12.4 Å². The summed E-state index contributed by atoms with van der Waals surface area (Å²) in [6.07, 6.45) is 7.46. The van der Waals surface area contributed by atoms with Crippen molar-refractivity contribution < 1.29 is 0 Å². The summed E-state index contributed by atoms with van der Waals surface area (Å²) in [6.45, 7) is 6.59. The molecule has 0 aliphatic heterocycles. The van der Waals surface area contributed by atoms with E-state index in [0.717, 1.165) is 16.8 Å². The predicted octanol–water partition coefficient (Wildman–Crippen LogP) is 4.06. The van der Waals surface area contributed by atoms with E-state index in [2.05, 4.69) is 22.4 Å². The first-order valence-corrected chi connectivity index (χ1v) is 8.46. The number of aromatic nitrogens is 1. The molecule has 0 amide bonds. The third-order valence-corrected chi connectivity index (χ3v) is 3.81. The zero-order valence-corrected chi connectivity index (χ0v) is 15.1. The maximum absolute atomic E-state index is 6.22. The van der Waals surface area contributed by atoms with Gasteiger partial charge in [0.15, 0.2) is 0 Å². The lowest BCUT2D eigenvalue weighted by molar-refractivity contribution is 0.552. The highest BCUT2D eigenvalue weighted by atomic mass is 15.1. The molecule has 1 unspecified atom stereocenters. The molecule has 0 spiro atoms. The van der Waals surface area contributed by atoms with Gasteiger partial charge in [0.25, 0.3) is 0 Å². The molecule has 1 aromatic carbocycles. The molecule has 3 N–H and O–H groups in total. The Morgan fingerprint density at radius 3 is 2.56 bits per heavy atom. The number of nitrogens with two attached hydrogens (primary N) is 1. The largest absolute Gasteiger partial charge is 0.383 e. The zero-order chi connectivity index (χ0) is 18.1. The Morgan fingerprint density at radius 1 is 1.20 bits per heavy atom. The van der Waals surface area contributed by atoms with Crippen LogP contribution in [-0.2, 0) is 6.54 Å². The number of nitrogens with one attached hydrogen (secondary N) is 1. The van der Waals surface area contributed by atoms with Crippen molar-refractivity contribution in [2.24, 2.45) is 10.7 Å². The molecule has 0 aliphatic rings. The lowest BCUT2D eigenvalue weighted by atomic mass is 10.1. The maximum Gasteiger partial charge on any atom is 0.129 e. The number of amidine groups is 1. The number of pyridine rings is 1. The van der Waals surface area contributed by atoms with Gasteiger partial charge in [-0.05, 0) is 32.4 Å². The van der Waals surface area contributed by atoms with Crippen LogP contribution < -0.4 is 11.1 Å². The molecule has 0 saturated heterocycles. The highest BCUT2D eigenvalue weighted by molar-refractivity contribution is 5.99. The van der Waals surface area contributed by atoms with Crippen LogP contribution in [0.25, 0.3) is 0 Å². The minimum Gasteiger partial charge on any atom is -0.383 e. The standard InChI is InChI=1S/C21H26N4/c1-4-9-18(5-2)20(22)25-21(19-13-12-16(3)23-15-19)24-14-17-10-7-6-8-11-17/h4-13,15,21,24H,14H2,1-3H3,(H2,22,25)/b9-4-,18-5+. The summed E-state index contributed by atoms with van der Waals surface area (Å²) in [5, 5.41) is 3.46. The Bertz CT molecular complexity index is 743. The SMILES string of the molecule is C\C=C/C(=C\C)C(/N)=N/C(NCc1ccccc1)c1ccc(C)nc1. The summed E-state index contributed by atoms with van der Waals surface area (Å²) in [5.41, 5.74) is 10.3. The van der Waals surface area contributed by atoms with Crippen LogP contribution in [0.1, 0.15) is 36.8 Å². The summed E-state index contributed by atoms with van der Waals surface area (Å²) >= 11 is 0. The lowest BCUT2D eigenvalue weighted by Crippen LogP contribution is -2.24. The molecular weight excluding hydrogens is 308 g/mol. The molecule has 0 bridgehead atoms. The molecule has 2 aromatic rings. The monoisotopic (exact) mass is 334 g/mol. The fourth-order valence-corrected chi connectivity index (χ4v) is 2.41. The van der Waals surface area contributed by atoms with Crippen molar-refractivity contribution in [1.29, 1.82) is 0 Å². The van der Waals surface area contributed by atoms with E-state index in [9.17, 15) is 0 Å². The molecule has 2 rings (SSSR count). The lowest BCUT2D eigenvalue weighted by Gasteiger charge is -2.17. The molecule has 1 aromatic heterocycles. The Hall–Kier alpha value is -2.72. The van der Waals surface area contributed by atoms with Crippen LogP contribution in [0.4, 0.5) is 0 Å². The number of hydrogen-bond acceptors (Lipinski definition) is 3. The molecular formula is C21H26N4. The van der Waals surface area contributed by atoms with Gasteiger partial charge in [-0.25, -0.2) is 4.99 Å². The molecule has 0 radical (unpaired) electrons. The average Bonchev–Trinajstić information content (AvgIpc) is 2.64. The van der Waals surface area contributed by atoms with Gasteiger partial charge in [-0.2, -0.15) is 0 Å². The predicted molar refractivity (Wildman–Crippen MR) is 105 cm³/mol. The Morgan fingerprint density at radius 2 is 1.96 bits per heavy atom. The first kappa shape index (κ1) is 18.6. The quantitative estimate of drug-likeness (QED) is 0.456. The van der Waals surface area contributed by atoms with Crippen molar-refractivity contribution in [2.75, 3.05) is 0 Å². The minimum absolute atomic E-state index is 0.256. The van der Waals surface area contributed by atoms with Crippen LogP contribution in [-0.4, -0.2) is 10.8 Å². The fourth-order valence-electron chi connectivity index (χ4n) is 2.41. The van der Waals surface area contributed by atoms with Crippen molar-refractivity contribution in [3.8, 4) is 0 Å². The summed E-state index contributed by atoms with van der Waals surface area (Å²) in [6, 6.07) is 14.3. The second-order valence-corrected chi connectivity index (χ2v) is 5.76. The molecule has 130 valence electrons. The van der Waals surface area contributed by atoms with Crippen molar-refractivity contribution in [1.82, 2.24) is 10.3 Å². The molecule has 4 nitrogen and oxygen atoms in total. The summed E-state index contributed by atoms with van der Waals surface area (Å²) < 4.78 is 0. The summed E-state index contributed by atoms with van der Waals surface area (Å²) in [5.74, 6) is 0.506. The second-order valence-electron chi connectivity index (χ2n) is 5.76. The van der Waals surface area contributed by atoms with E-state index in [-0.39, 0.29) is 6.17 Å². The third-order valence-electron chi connectivity index (χ3n) is 3.81. The first-order valence-electron chi connectivity index (χ1n) is 8.46. The van der Waals surface area contributed by atoms with Gasteiger partial charge in [0, 0.05) is 29.6 Å². The van der Waals surface area contributed by atoms with E-state index in [4.69, 9.17) is 10.7 Å². The number of hydrogen-bond donors (Lipinski definition) is 2. The molecule has 1 atom stereocenters. The second kappa shape index (κ2) is 9.55. The molecule has 4 heteroatoms.